The Bertz CT molecular complexity index is 1370. The zero-order valence-electron chi connectivity index (χ0n) is 17.5. The fourth-order valence-corrected chi connectivity index (χ4v) is 5.31. The van der Waals surface area contributed by atoms with Crippen LogP contribution in [0.4, 0.5) is 13.2 Å². The predicted octanol–water partition coefficient (Wildman–Crippen LogP) is 2.53. The minimum Gasteiger partial charge on any atom is -0.321 e. The van der Waals surface area contributed by atoms with Crippen molar-refractivity contribution in [3.8, 4) is 11.5 Å². The summed E-state index contributed by atoms with van der Waals surface area (Å²) in [7, 11) is -1.20. The summed E-state index contributed by atoms with van der Waals surface area (Å²) in [5.74, 6) is 0.732. The number of hydrogen-bond acceptors (Lipinski definition) is 5. The Morgan fingerprint density at radius 1 is 1.19 bits per heavy atom. The molecule has 4 heterocycles. The number of sulfone groups is 1. The topological polar surface area (TPSA) is 91.8 Å². The molecule has 8 nitrogen and oxygen atoms in total. The van der Waals surface area contributed by atoms with E-state index in [2.05, 4.69) is 9.97 Å². The van der Waals surface area contributed by atoms with Crippen LogP contribution in [0.15, 0.2) is 15.9 Å². The highest BCUT2D eigenvalue weighted by molar-refractivity contribution is 7.91. The fraction of sp³-hybridized carbons (Fsp3) is 0.526. The number of aryl methyl sites for hydroxylation is 2. The molecule has 1 unspecified atom stereocenters. The third-order valence-electron chi connectivity index (χ3n) is 5.80. The summed E-state index contributed by atoms with van der Waals surface area (Å²) >= 11 is 0. The number of alkyl halides is 3. The molecule has 1 aliphatic heterocycles. The van der Waals surface area contributed by atoms with E-state index in [1.807, 2.05) is 6.92 Å². The maximum Gasteiger partial charge on any atom is 0.431 e. The molecular weight excluding hydrogens is 435 g/mol. The molecule has 3 aromatic heterocycles. The lowest BCUT2D eigenvalue weighted by Gasteiger charge is -2.21. The van der Waals surface area contributed by atoms with Crippen LogP contribution >= 0.6 is 0 Å². The molecule has 0 fully saturated rings. The Balaban J connectivity index is 2.06. The largest absolute Gasteiger partial charge is 0.431 e. The molecule has 3 aromatic rings. The Morgan fingerprint density at radius 3 is 2.48 bits per heavy atom. The zero-order valence-corrected chi connectivity index (χ0v) is 18.3. The van der Waals surface area contributed by atoms with E-state index < -0.39 is 27.3 Å². The van der Waals surface area contributed by atoms with Crippen molar-refractivity contribution in [2.24, 2.45) is 20.0 Å². The van der Waals surface area contributed by atoms with Crippen LogP contribution in [0.3, 0.4) is 0 Å². The number of nitrogens with zero attached hydrogens (tertiary/aromatic N) is 5. The van der Waals surface area contributed by atoms with Crippen molar-refractivity contribution in [3.63, 3.8) is 0 Å². The highest BCUT2D eigenvalue weighted by Gasteiger charge is 2.36. The van der Waals surface area contributed by atoms with E-state index in [0.717, 1.165) is 19.5 Å². The van der Waals surface area contributed by atoms with Crippen molar-refractivity contribution < 1.29 is 21.6 Å². The molecule has 1 aliphatic rings. The van der Waals surface area contributed by atoms with E-state index in [4.69, 9.17) is 0 Å². The summed E-state index contributed by atoms with van der Waals surface area (Å²) in [6.07, 6.45) is -3.31. The van der Waals surface area contributed by atoms with Gasteiger partial charge in [0, 0.05) is 27.1 Å². The number of aromatic nitrogens is 5. The second-order valence-corrected chi connectivity index (χ2v) is 10.2. The van der Waals surface area contributed by atoms with Crippen LogP contribution < -0.4 is 5.56 Å². The van der Waals surface area contributed by atoms with Gasteiger partial charge in [-0.15, -0.1) is 0 Å². The molecule has 12 heteroatoms. The van der Waals surface area contributed by atoms with Crippen LogP contribution in [-0.4, -0.2) is 37.8 Å². The lowest BCUT2D eigenvalue weighted by atomic mass is 10.0. The molecule has 0 spiro atoms. The zero-order chi connectivity index (χ0) is 22.9. The van der Waals surface area contributed by atoms with Crippen LogP contribution in [0.2, 0.25) is 0 Å². The Labute approximate surface area is 176 Å². The number of pyridine rings is 1. The minimum absolute atomic E-state index is 0.00262. The molecule has 0 amide bonds. The maximum absolute atomic E-state index is 13.4. The van der Waals surface area contributed by atoms with Crippen molar-refractivity contribution in [2.75, 3.05) is 5.75 Å². The van der Waals surface area contributed by atoms with Gasteiger partial charge in [0.05, 0.1) is 11.3 Å². The van der Waals surface area contributed by atoms with Crippen molar-refractivity contribution >= 4 is 20.9 Å². The number of imidazole rings is 2. The van der Waals surface area contributed by atoms with Crippen LogP contribution in [0, 0.1) is 5.92 Å². The first-order chi connectivity index (χ1) is 14.4. The van der Waals surface area contributed by atoms with Gasteiger partial charge in [0.15, 0.2) is 20.7 Å². The summed E-state index contributed by atoms with van der Waals surface area (Å²) in [6.45, 7) is 4.01. The fourth-order valence-electron chi connectivity index (χ4n) is 4.09. The van der Waals surface area contributed by atoms with Gasteiger partial charge < -0.3 is 13.7 Å². The number of fused-ring (bicyclic) bond motifs is 2. The van der Waals surface area contributed by atoms with E-state index >= 15 is 0 Å². The molecule has 0 bridgehead atoms. The third kappa shape index (κ3) is 3.27. The van der Waals surface area contributed by atoms with Crippen LogP contribution in [0.5, 0.6) is 0 Å². The first-order valence-corrected chi connectivity index (χ1v) is 11.5. The SMILES string of the molecule is CCS(=O)(=O)c1c(-c2nc3cc(C(F)(F)F)n(C)c(=O)c3n2C)nc2n1CC(C)CC2. The van der Waals surface area contributed by atoms with Gasteiger partial charge in [-0.25, -0.2) is 18.4 Å². The maximum atomic E-state index is 13.4. The quantitative estimate of drug-likeness (QED) is 0.603. The number of hydrogen-bond donors (Lipinski definition) is 0. The molecule has 4 rings (SSSR count). The van der Waals surface area contributed by atoms with Gasteiger partial charge in [0.2, 0.25) is 0 Å². The molecule has 0 saturated heterocycles. The van der Waals surface area contributed by atoms with E-state index in [1.165, 1.54) is 18.5 Å². The first kappa shape index (κ1) is 21.6. The van der Waals surface area contributed by atoms with Gasteiger partial charge in [-0.3, -0.25) is 4.79 Å². The third-order valence-corrected chi connectivity index (χ3v) is 7.56. The molecule has 0 aliphatic carbocycles. The molecule has 0 aromatic carbocycles. The van der Waals surface area contributed by atoms with E-state index in [1.54, 1.807) is 4.57 Å². The molecular formula is C19H22F3N5O3S. The van der Waals surface area contributed by atoms with E-state index in [9.17, 15) is 26.4 Å². The van der Waals surface area contributed by atoms with Crippen molar-refractivity contribution in [1.29, 1.82) is 0 Å². The molecule has 0 saturated carbocycles. The highest BCUT2D eigenvalue weighted by atomic mass is 32.2. The Kier molecular flexibility index (Phi) is 4.83. The monoisotopic (exact) mass is 457 g/mol. The van der Waals surface area contributed by atoms with Gasteiger partial charge in [0.1, 0.15) is 22.7 Å². The van der Waals surface area contributed by atoms with Crippen molar-refractivity contribution in [1.82, 2.24) is 23.7 Å². The first-order valence-electron chi connectivity index (χ1n) is 9.83. The number of halogens is 3. The lowest BCUT2D eigenvalue weighted by Crippen LogP contribution is -2.26. The van der Waals surface area contributed by atoms with Crippen LogP contribution in [-0.2, 0) is 43.1 Å². The minimum atomic E-state index is -4.74. The summed E-state index contributed by atoms with van der Waals surface area (Å²) in [5, 5.41) is 0.00262. The van der Waals surface area contributed by atoms with Gasteiger partial charge in [0.25, 0.3) is 5.56 Å². The van der Waals surface area contributed by atoms with Gasteiger partial charge in [-0.2, -0.15) is 13.2 Å². The van der Waals surface area contributed by atoms with Crippen molar-refractivity contribution in [2.45, 2.75) is 44.4 Å². The van der Waals surface area contributed by atoms with E-state index in [-0.39, 0.29) is 39.2 Å². The van der Waals surface area contributed by atoms with Gasteiger partial charge in [-0.05, 0) is 18.4 Å². The average molecular weight is 457 g/mol. The van der Waals surface area contributed by atoms with Crippen molar-refractivity contribution in [3.05, 3.63) is 27.9 Å². The Hall–Kier alpha value is -2.63. The molecule has 1 atom stereocenters. The Morgan fingerprint density at radius 2 is 1.87 bits per heavy atom. The van der Waals surface area contributed by atoms with Crippen LogP contribution in [0.25, 0.3) is 22.6 Å². The second kappa shape index (κ2) is 6.94. The summed E-state index contributed by atoms with van der Waals surface area (Å²) in [4.78, 5) is 21.5. The second-order valence-electron chi connectivity index (χ2n) is 7.96. The van der Waals surface area contributed by atoms with Crippen LogP contribution in [0.1, 0.15) is 31.8 Å². The predicted molar refractivity (Wildman–Crippen MR) is 107 cm³/mol. The highest BCUT2D eigenvalue weighted by Crippen LogP contribution is 2.35. The van der Waals surface area contributed by atoms with E-state index in [0.29, 0.717) is 23.4 Å². The van der Waals surface area contributed by atoms with Gasteiger partial charge in [-0.1, -0.05) is 13.8 Å². The normalized spacial score (nSPS) is 17.3. The molecule has 168 valence electrons. The smallest absolute Gasteiger partial charge is 0.321 e. The standard InChI is InChI=1S/C19H22F3N5O3S/c1-5-31(29,30)18-14(24-13-7-6-10(2)9-27(13)18)16-23-11-8-12(19(20,21)22)25(3)17(28)15(11)26(16)4/h8,10H,5-7,9H2,1-4H3. The average Bonchev–Trinajstić information content (AvgIpc) is 3.21. The molecule has 31 heavy (non-hydrogen) atoms. The van der Waals surface area contributed by atoms with Gasteiger partial charge >= 0.3 is 6.18 Å². The molecule has 0 N–H and O–H groups in total. The number of rotatable bonds is 3. The summed E-state index contributed by atoms with van der Waals surface area (Å²) < 4.78 is 69.5. The summed E-state index contributed by atoms with van der Waals surface area (Å²) in [6, 6.07) is 0.798. The molecule has 0 radical (unpaired) electrons. The lowest BCUT2D eigenvalue weighted by molar-refractivity contribution is -0.143. The summed E-state index contributed by atoms with van der Waals surface area (Å²) in [5.41, 5.74) is -2.14.